The molecule has 0 unspecified atom stereocenters. The van der Waals surface area contributed by atoms with Gasteiger partial charge in [0.05, 0.1) is 24.2 Å². The number of benzene rings is 3. The number of hydrogen-bond donors (Lipinski definition) is 1. The smallest absolute Gasteiger partial charge is 0.243 e. The Bertz CT molecular complexity index is 1220. The molecule has 10 heteroatoms. The zero-order chi connectivity index (χ0) is 23.3. The van der Waals surface area contributed by atoms with Crippen molar-refractivity contribution in [3.8, 4) is 17.2 Å². The molecule has 3 rings (SSSR count). The SMILES string of the molecule is COc1cccc(Oc2ccc(Cl)cc2NC(=O)CN(C)S(=O)(=O)c2ccc(Cl)cc2)c1. The standard InChI is InChI=1S/C22H20Cl2N2O5S/c1-26(32(28,29)19-9-6-15(23)7-10-19)14-22(27)25-20-12-16(24)8-11-21(20)31-18-5-3-4-17(13-18)30-2/h3-13H,14H2,1-2H3,(H,25,27). The summed E-state index contributed by atoms with van der Waals surface area (Å²) >= 11 is 11.9. The Labute approximate surface area is 196 Å². The van der Waals surface area contributed by atoms with E-state index in [1.807, 2.05) is 0 Å². The number of likely N-dealkylation sites (N-methyl/N-ethyl adjacent to an activating group) is 1. The van der Waals surface area contributed by atoms with Crippen LogP contribution in [-0.2, 0) is 14.8 Å². The molecule has 32 heavy (non-hydrogen) atoms. The predicted molar refractivity (Wildman–Crippen MR) is 124 cm³/mol. The van der Waals surface area contributed by atoms with Crippen LogP contribution < -0.4 is 14.8 Å². The van der Waals surface area contributed by atoms with Gasteiger partial charge in [-0.2, -0.15) is 4.31 Å². The molecule has 0 fully saturated rings. The Kier molecular flexibility index (Phi) is 7.63. The number of amides is 1. The number of halogens is 2. The highest BCUT2D eigenvalue weighted by Crippen LogP contribution is 2.33. The van der Waals surface area contributed by atoms with Crippen LogP contribution in [0.15, 0.2) is 71.6 Å². The van der Waals surface area contributed by atoms with Crippen molar-refractivity contribution >= 4 is 44.8 Å². The summed E-state index contributed by atoms with van der Waals surface area (Å²) in [6.07, 6.45) is 0. The molecular formula is C22H20Cl2N2O5S. The Morgan fingerprint density at radius 2 is 1.62 bits per heavy atom. The first-order valence-corrected chi connectivity index (χ1v) is 11.5. The van der Waals surface area contributed by atoms with Crippen molar-refractivity contribution in [1.82, 2.24) is 4.31 Å². The lowest BCUT2D eigenvalue weighted by atomic mass is 10.2. The second kappa shape index (κ2) is 10.2. The van der Waals surface area contributed by atoms with E-state index in [9.17, 15) is 13.2 Å². The van der Waals surface area contributed by atoms with Crippen LogP contribution in [0, 0.1) is 0 Å². The number of methoxy groups -OCH3 is 1. The number of rotatable bonds is 8. The Morgan fingerprint density at radius 1 is 0.969 bits per heavy atom. The van der Waals surface area contributed by atoms with Crippen LogP contribution >= 0.6 is 23.2 Å². The van der Waals surface area contributed by atoms with E-state index in [1.165, 1.54) is 37.4 Å². The van der Waals surface area contributed by atoms with E-state index < -0.39 is 22.5 Å². The summed E-state index contributed by atoms with van der Waals surface area (Å²) in [7, 11) is -1.02. The molecule has 7 nitrogen and oxygen atoms in total. The van der Waals surface area contributed by atoms with Crippen LogP contribution in [0.2, 0.25) is 10.0 Å². The first-order chi connectivity index (χ1) is 15.2. The molecule has 0 aliphatic carbocycles. The zero-order valence-electron chi connectivity index (χ0n) is 17.2. The highest BCUT2D eigenvalue weighted by atomic mass is 35.5. The highest BCUT2D eigenvalue weighted by Gasteiger charge is 2.23. The van der Waals surface area contributed by atoms with Gasteiger partial charge in [0.1, 0.15) is 11.5 Å². The number of carbonyl (C=O) groups is 1. The summed E-state index contributed by atoms with van der Waals surface area (Å²) in [5, 5.41) is 3.44. The van der Waals surface area contributed by atoms with Crippen molar-refractivity contribution in [1.29, 1.82) is 0 Å². The number of nitrogens with zero attached hydrogens (tertiary/aromatic N) is 1. The Balaban J connectivity index is 1.75. The van der Waals surface area contributed by atoms with E-state index in [4.69, 9.17) is 32.7 Å². The van der Waals surface area contributed by atoms with Crippen molar-refractivity contribution in [2.45, 2.75) is 4.90 Å². The predicted octanol–water partition coefficient (Wildman–Crippen LogP) is 5.05. The normalized spacial score (nSPS) is 11.3. The maximum atomic E-state index is 12.7. The van der Waals surface area contributed by atoms with Crippen LogP contribution in [0.3, 0.4) is 0 Å². The lowest BCUT2D eigenvalue weighted by molar-refractivity contribution is -0.116. The minimum absolute atomic E-state index is 0.0296. The molecule has 0 aliphatic heterocycles. The summed E-state index contributed by atoms with van der Waals surface area (Å²) < 4.78 is 37.4. The minimum Gasteiger partial charge on any atom is -0.497 e. The average Bonchev–Trinajstić information content (AvgIpc) is 2.76. The first-order valence-electron chi connectivity index (χ1n) is 9.32. The number of carbonyl (C=O) groups excluding carboxylic acids is 1. The fraction of sp³-hybridized carbons (Fsp3) is 0.136. The molecule has 1 amide bonds. The summed E-state index contributed by atoms with van der Waals surface area (Å²) in [6.45, 7) is -0.421. The van der Waals surface area contributed by atoms with E-state index in [0.29, 0.717) is 33.0 Å². The van der Waals surface area contributed by atoms with Crippen molar-refractivity contribution in [3.63, 3.8) is 0 Å². The summed E-state index contributed by atoms with van der Waals surface area (Å²) in [6, 6.07) is 17.4. The maximum Gasteiger partial charge on any atom is 0.243 e. The molecule has 3 aromatic rings. The van der Waals surface area contributed by atoms with Gasteiger partial charge in [-0.15, -0.1) is 0 Å². The maximum absolute atomic E-state index is 12.7. The molecule has 0 saturated carbocycles. The molecule has 3 aromatic carbocycles. The Morgan fingerprint density at radius 3 is 2.31 bits per heavy atom. The number of nitrogens with one attached hydrogen (secondary N) is 1. The van der Waals surface area contributed by atoms with Crippen molar-refractivity contribution in [3.05, 3.63) is 76.8 Å². The fourth-order valence-electron chi connectivity index (χ4n) is 2.74. The Hall–Kier alpha value is -2.78. The van der Waals surface area contributed by atoms with Gasteiger partial charge in [0.15, 0.2) is 5.75 Å². The zero-order valence-corrected chi connectivity index (χ0v) is 19.5. The molecule has 0 aliphatic rings. The van der Waals surface area contributed by atoms with Gasteiger partial charge in [-0.05, 0) is 54.6 Å². The molecule has 0 saturated heterocycles. The fourth-order valence-corrected chi connectivity index (χ4v) is 4.17. The van der Waals surface area contributed by atoms with Crippen molar-refractivity contribution in [2.75, 3.05) is 26.0 Å². The van der Waals surface area contributed by atoms with Crippen LogP contribution in [0.4, 0.5) is 5.69 Å². The van der Waals surface area contributed by atoms with Gasteiger partial charge in [-0.1, -0.05) is 29.3 Å². The quantitative estimate of drug-likeness (QED) is 0.473. The monoisotopic (exact) mass is 494 g/mol. The van der Waals surface area contributed by atoms with Crippen LogP contribution in [0.5, 0.6) is 17.2 Å². The average molecular weight is 495 g/mol. The molecule has 0 aromatic heterocycles. The number of anilines is 1. The number of sulfonamides is 1. The summed E-state index contributed by atoms with van der Waals surface area (Å²) in [4.78, 5) is 12.6. The number of hydrogen-bond acceptors (Lipinski definition) is 5. The van der Waals surface area contributed by atoms with Crippen LogP contribution in [-0.4, -0.2) is 39.3 Å². The largest absolute Gasteiger partial charge is 0.497 e. The molecule has 0 atom stereocenters. The third-order valence-corrected chi connectivity index (χ3v) is 6.68. The van der Waals surface area contributed by atoms with Gasteiger partial charge >= 0.3 is 0 Å². The lowest BCUT2D eigenvalue weighted by Crippen LogP contribution is -2.35. The third-order valence-electron chi connectivity index (χ3n) is 4.37. The molecule has 168 valence electrons. The molecule has 0 heterocycles. The van der Waals surface area contributed by atoms with E-state index in [1.54, 1.807) is 43.5 Å². The molecular weight excluding hydrogens is 475 g/mol. The van der Waals surface area contributed by atoms with E-state index >= 15 is 0 Å². The first kappa shape index (κ1) is 23.9. The van der Waals surface area contributed by atoms with Gasteiger partial charge < -0.3 is 14.8 Å². The number of ether oxygens (including phenoxy) is 2. The van der Waals surface area contributed by atoms with Gasteiger partial charge in [0.2, 0.25) is 15.9 Å². The third kappa shape index (κ3) is 5.92. The van der Waals surface area contributed by atoms with E-state index in [2.05, 4.69) is 5.32 Å². The van der Waals surface area contributed by atoms with Crippen molar-refractivity contribution in [2.24, 2.45) is 0 Å². The van der Waals surface area contributed by atoms with Gasteiger partial charge in [-0.3, -0.25) is 4.79 Å². The molecule has 0 spiro atoms. The summed E-state index contributed by atoms with van der Waals surface area (Å²) in [5.41, 5.74) is 0.294. The molecule has 0 bridgehead atoms. The van der Waals surface area contributed by atoms with Gasteiger partial charge in [0, 0.05) is 23.2 Å². The van der Waals surface area contributed by atoms with Gasteiger partial charge in [0.25, 0.3) is 0 Å². The summed E-state index contributed by atoms with van der Waals surface area (Å²) in [5.74, 6) is 0.864. The van der Waals surface area contributed by atoms with Crippen LogP contribution in [0.1, 0.15) is 0 Å². The van der Waals surface area contributed by atoms with E-state index in [-0.39, 0.29) is 4.90 Å². The van der Waals surface area contributed by atoms with Crippen molar-refractivity contribution < 1.29 is 22.7 Å². The second-order valence-corrected chi connectivity index (χ2v) is 9.60. The topological polar surface area (TPSA) is 84.9 Å². The van der Waals surface area contributed by atoms with Gasteiger partial charge in [-0.25, -0.2) is 8.42 Å². The minimum atomic E-state index is -3.87. The second-order valence-electron chi connectivity index (χ2n) is 6.68. The lowest BCUT2D eigenvalue weighted by Gasteiger charge is -2.18. The van der Waals surface area contributed by atoms with Crippen LogP contribution in [0.25, 0.3) is 0 Å². The van der Waals surface area contributed by atoms with E-state index in [0.717, 1.165) is 4.31 Å². The molecule has 0 radical (unpaired) electrons. The highest BCUT2D eigenvalue weighted by molar-refractivity contribution is 7.89. The molecule has 1 N–H and O–H groups in total.